The Bertz CT molecular complexity index is 1100. The summed E-state index contributed by atoms with van der Waals surface area (Å²) in [6.45, 7) is 1.74. The summed E-state index contributed by atoms with van der Waals surface area (Å²) in [4.78, 5) is 47.5. The first kappa shape index (κ1) is 22.1. The van der Waals surface area contributed by atoms with E-state index in [0.29, 0.717) is 23.0 Å². The number of benzene rings is 1. The summed E-state index contributed by atoms with van der Waals surface area (Å²) in [5.74, 6) is -2.14. The molecule has 0 aliphatic carbocycles. The van der Waals surface area contributed by atoms with Crippen LogP contribution in [0, 0.1) is 6.92 Å². The number of para-hydroxylation sites is 1. The number of anilines is 2. The number of pyridine rings is 2. The molecule has 0 aliphatic heterocycles. The minimum atomic E-state index is -1.06. The number of carbonyl (C=O) groups excluding carboxylic acids is 3. The van der Waals surface area contributed by atoms with E-state index >= 15 is 0 Å². The molecule has 0 fully saturated rings. The van der Waals surface area contributed by atoms with Crippen LogP contribution in [0.25, 0.3) is 0 Å². The van der Waals surface area contributed by atoms with E-state index in [-0.39, 0.29) is 23.6 Å². The van der Waals surface area contributed by atoms with Gasteiger partial charge in [-0.1, -0.05) is 35.9 Å². The Morgan fingerprint density at radius 1 is 1.03 bits per heavy atom. The molecule has 31 heavy (non-hydrogen) atoms. The van der Waals surface area contributed by atoms with E-state index in [2.05, 4.69) is 14.7 Å². The minimum absolute atomic E-state index is 0.0841. The molecular weight excluding hydrogens is 418 g/mol. The molecular formula is C23H20ClN3O4. The highest BCUT2D eigenvalue weighted by molar-refractivity contribution is 6.40. The summed E-state index contributed by atoms with van der Waals surface area (Å²) in [6, 6.07) is 15.3. The Balaban J connectivity index is 1.99. The molecule has 8 heteroatoms. The van der Waals surface area contributed by atoms with Gasteiger partial charge in [-0.3, -0.25) is 14.5 Å². The van der Waals surface area contributed by atoms with E-state index in [1.165, 1.54) is 0 Å². The summed E-state index contributed by atoms with van der Waals surface area (Å²) in [5.41, 5.74) is 2.07. The number of nitrogens with zero attached hydrogens (tertiary/aromatic N) is 3. The van der Waals surface area contributed by atoms with Crippen LogP contribution in [-0.2, 0) is 20.7 Å². The fourth-order valence-electron chi connectivity index (χ4n) is 2.97. The zero-order valence-electron chi connectivity index (χ0n) is 17.0. The van der Waals surface area contributed by atoms with Crippen molar-refractivity contribution in [1.29, 1.82) is 0 Å². The summed E-state index contributed by atoms with van der Waals surface area (Å²) >= 11 is 5.80. The maximum Gasteiger partial charge on any atom is 0.397 e. The van der Waals surface area contributed by atoms with E-state index in [0.717, 1.165) is 17.6 Å². The number of esters is 1. The van der Waals surface area contributed by atoms with E-state index in [1.54, 1.807) is 67.7 Å². The Kier molecular flexibility index (Phi) is 7.10. The molecule has 2 aromatic heterocycles. The largest absolute Gasteiger partial charge is 0.462 e. The van der Waals surface area contributed by atoms with Gasteiger partial charge >= 0.3 is 11.9 Å². The fourth-order valence-corrected chi connectivity index (χ4v) is 3.08. The standard InChI is InChI=1S/C23H20ClN3O4/c1-15-8-11-18(19(28)12-9-16-10-13-20(24)25-14-16)21(26-15)27(22(29)23(30)31-2)17-6-4-3-5-7-17/h3-8,10-11,13-14H,9,12H2,1-2H3. The number of ether oxygens (including phenoxy) is 1. The van der Waals surface area contributed by atoms with Crippen molar-refractivity contribution in [2.75, 3.05) is 12.0 Å². The van der Waals surface area contributed by atoms with Crippen LogP contribution < -0.4 is 4.90 Å². The van der Waals surface area contributed by atoms with Crippen LogP contribution in [0.15, 0.2) is 60.8 Å². The highest BCUT2D eigenvalue weighted by Crippen LogP contribution is 2.29. The van der Waals surface area contributed by atoms with Crippen molar-refractivity contribution in [3.63, 3.8) is 0 Å². The van der Waals surface area contributed by atoms with Gasteiger partial charge in [-0.25, -0.2) is 14.8 Å². The molecule has 1 aromatic carbocycles. The van der Waals surface area contributed by atoms with Gasteiger partial charge in [0.15, 0.2) is 11.6 Å². The molecule has 3 aromatic rings. The number of aryl methyl sites for hydroxylation is 2. The Labute approximate surface area is 184 Å². The van der Waals surface area contributed by atoms with Crippen molar-refractivity contribution in [1.82, 2.24) is 9.97 Å². The van der Waals surface area contributed by atoms with Gasteiger partial charge in [0.2, 0.25) is 0 Å². The Morgan fingerprint density at radius 3 is 2.42 bits per heavy atom. The normalized spacial score (nSPS) is 10.4. The smallest absolute Gasteiger partial charge is 0.397 e. The highest BCUT2D eigenvalue weighted by atomic mass is 35.5. The first-order valence-corrected chi connectivity index (χ1v) is 9.87. The lowest BCUT2D eigenvalue weighted by Gasteiger charge is -2.23. The number of Topliss-reactive ketones (excluding diaryl/α,β-unsaturated/α-hetero) is 1. The Hall–Kier alpha value is -3.58. The summed E-state index contributed by atoms with van der Waals surface area (Å²) in [7, 11) is 1.12. The number of ketones is 1. The lowest BCUT2D eigenvalue weighted by molar-refractivity contribution is -0.151. The molecule has 3 rings (SSSR count). The second kappa shape index (κ2) is 9.95. The van der Waals surface area contributed by atoms with Crippen molar-refractivity contribution in [2.24, 2.45) is 0 Å². The topological polar surface area (TPSA) is 89.5 Å². The van der Waals surface area contributed by atoms with E-state index < -0.39 is 11.9 Å². The van der Waals surface area contributed by atoms with Crippen molar-refractivity contribution in [3.8, 4) is 0 Å². The average Bonchev–Trinajstić information content (AvgIpc) is 2.79. The predicted molar refractivity (Wildman–Crippen MR) is 116 cm³/mol. The van der Waals surface area contributed by atoms with Crippen molar-refractivity contribution in [2.45, 2.75) is 19.8 Å². The summed E-state index contributed by atoms with van der Waals surface area (Å²) in [6.07, 6.45) is 2.21. The third kappa shape index (κ3) is 5.32. The van der Waals surface area contributed by atoms with Gasteiger partial charge in [-0.05, 0) is 49.2 Å². The van der Waals surface area contributed by atoms with Crippen LogP contribution in [0.2, 0.25) is 5.15 Å². The number of hydrogen-bond acceptors (Lipinski definition) is 6. The third-order valence-corrected chi connectivity index (χ3v) is 4.76. The molecule has 0 atom stereocenters. The summed E-state index contributed by atoms with van der Waals surface area (Å²) < 4.78 is 4.62. The summed E-state index contributed by atoms with van der Waals surface area (Å²) in [5, 5.41) is 0.375. The fraction of sp³-hybridized carbons (Fsp3) is 0.174. The number of amides is 1. The monoisotopic (exact) mass is 437 g/mol. The number of hydrogen-bond donors (Lipinski definition) is 0. The number of carbonyl (C=O) groups is 3. The van der Waals surface area contributed by atoms with Gasteiger partial charge in [-0.2, -0.15) is 0 Å². The number of halogens is 1. The molecule has 0 radical (unpaired) electrons. The Morgan fingerprint density at radius 2 is 1.77 bits per heavy atom. The average molecular weight is 438 g/mol. The predicted octanol–water partition coefficient (Wildman–Crippen LogP) is 4.09. The van der Waals surface area contributed by atoms with Crippen LogP contribution in [0.1, 0.15) is 28.0 Å². The lowest BCUT2D eigenvalue weighted by atomic mass is 10.0. The van der Waals surface area contributed by atoms with Crippen LogP contribution in [0.5, 0.6) is 0 Å². The van der Waals surface area contributed by atoms with E-state index in [9.17, 15) is 14.4 Å². The zero-order valence-corrected chi connectivity index (χ0v) is 17.8. The van der Waals surface area contributed by atoms with Gasteiger partial charge in [0.05, 0.1) is 18.4 Å². The SMILES string of the molecule is COC(=O)C(=O)N(c1ccccc1)c1nc(C)ccc1C(=O)CCc1ccc(Cl)nc1. The van der Waals surface area contributed by atoms with Gasteiger partial charge in [0.25, 0.3) is 0 Å². The second-order valence-electron chi connectivity index (χ2n) is 6.70. The van der Waals surface area contributed by atoms with Crippen molar-refractivity contribution >= 4 is 40.8 Å². The van der Waals surface area contributed by atoms with Gasteiger partial charge < -0.3 is 4.74 Å². The number of methoxy groups -OCH3 is 1. The number of rotatable bonds is 6. The van der Waals surface area contributed by atoms with Crippen LogP contribution in [-0.4, -0.2) is 34.7 Å². The first-order valence-electron chi connectivity index (χ1n) is 9.49. The molecule has 7 nitrogen and oxygen atoms in total. The van der Waals surface area contributed by atoms with E-state index in [1.807, 2.05) is 0 Å². The molecule has 2 heterocycles. The first-order chi connectivity index (χ1) is 14.9. The van der Waals surface area contributed by atoms with Gasteiger partial charge in [0.1, 0.15) is 5.15 Å². The third-order valence-electron chi connectivity index (χ3n) is 4.53. The molecule has 0 saturated heterocycles. The van der Waals surface area contributed by atoms with Crippen molar-refractivity contribution in [3.05, 3.63) is 82.8 Å². The molecule has 1 amide bonds. The molecule has 158 valence electrons. The van der Waals surface area contributed by atoms with Gasteiger partial charge in [-0.15, -0.1) is 0 Å². The highest BCUT2D eigenvalue weighted by Gasteiger charge is 2.30. The molecule has 0 saturated carbocycles. The minimum Gasteiger partial charge on any atom is -0.462 e. The van der Waals surface area contributed by atoms with Gasteiger partial charge in [0, 0.05) is 18.3 Å². The molecule has 0 N–H and O–H groups in total. The number of aromatic nitrogens is 2. The second-order valence-corrected chi connectivity index (χ2v) is 7.09. The van der Waals surface area contributed by atoms with Crippen molar-refractivity contribution < 1.29 is 19.1 Å². The van der Waals surface area contributed by atoms with Crippen LogP contribution >= 0.6 is 11.6 Å². The maximum atomic E-state index is 13.1. The molecule has 0 spiro atoms. The van der Waals surface area contributed by atoms with Crippen LogP contribution in [0.4, 0.5) is 11.5 Å². The van der Waals surface area contributed by atoms with Crippen LogP contribution in [0.3, 0.4) is 0 Å². The molecule has 0 aliphatic rings. The molecule has 0 bridgehead atoms. The quantitative estimate of drug-likeness (QED) is 0.250. The maximum absolute atomic E-state index is 13.1. The lowest BCUT2D eigenvalue weighted by Crippen LogP contribution is -2.35. The van der Waals surface area contributed by atoms with E-state index in [4.69, 9.17) is 11.6 Å². The zero-order chi connectivity index (χ0) is 22.4. The molecule has 0 unspecified atom stereocenters.